The van der Waals surface area contributed by atoms with Crippen molar-refractivity contribution in [2.75, 3.05) is 5.32 Å². The van der Waals surface area contributed by atoms with Crippen LogP contribution in [0.4, 0.5) is 11.4 Å². The maximum atomic E-state index is 10.5. The summed E-state index contributed by atoms with van der Waals surface area (Å²) in [6.45, 7) is 1.94. The fourth-order valence-electron chi connectivity index (χ4n) is 1.18. The van der Waals surface area contributed by atoms with Crippen molar-refractivity contribution in [2.45, 2.75) is 19.4 Å². The molecular weight excluding hydrogens is 228 g/mol. The summed E-state index contributed by atoms with van der Waals surface area (Å²) in [5.74, 6) is 2.56. The molecule has 5 heteroatoms. The zero-order valence-corrected chi connectivity index (χ0v) is 9.49. The molecule has 0 heterocycles. The second-order valence-corrected chi connectivity index (χ2v) is 3.60. The van der Waals surface area contributed by atoms with Gasteiger partial charge >= 0.3 is 0 Å². The lowest BCUT2D eigenvalue weighted by atomic mass is 10.2. The van der Waals surface area contributed by atoms with E-state index in [0.29, 0.717) is 10.7 Å². The smallest absolute Gasteiger partial charge is 0.271 e. The Morgan fingerprint density at radius 2 is 2.38 bits per heavy atom. The largest absolute Gasteiger partial charge is 0.370 e. The zero-order chi connectivity index (χ0) is 12.1. The van der Waals surface area contributed by atoms with E-state index >= 15 is 0 Å². The molecule has 0 saturated carbocycles. The summed E-state index contributed by atoms with van der Waals surface area (Å²) in [4.78, 5) is 10.0. The molecule has 0 aromatic heterocycles. The van der Waals surface area contributed by atoms with Crippen LogP contribution >= 0.6 is 11.6 Å². The molecule has 16 heavy (non-hydrogen) atoms. The van der Waals surface area contributed by atoms with Crippen LogP contribution in [-0.2, 0) is 0 Å². The molecule has 0 spiro atoms. The van der Waals surface area contributed by atoms with Gasteiger partial charge in [0.05, 0.1) is 21.7 Å². The summed E-state index contributed by atoms with van der Waals surface area (Å²) in [5, 5.41) is 13.8. The predicted octanol–water partition coefficient (Wildman–Crippen LogP) is 3.07. The van der Waals surface area contributed by atoms with Crippen LogP contribution in [0.2, 0.25) is 5.02 Å². The topological polar surface area (TPSA) is 55.2 Å². The van der Waals surface area contributed by atoms with Gasteiger partial charge in [0.15, 0.2) is 0 Å². The lowest BCUT2D eigenvalue weighted by molar-refractivity contribution is -0.384. The number of nitro groups is 1. The number of benzene rings is 1. The molecule has 1 rings (SSSR count). The number of non-ortho nitro benzene ring substituents is 1. The maximum Gasteiger partial charge on any atom is 0.271 e. The number of nitro benzene ring substituents is 1. The summed E-state index contributed by atoms with van der Waals surface area (Å²) < 4.78 is 0. The molecule has 0 aliphatic carbocycles. The van der Waals surface area contributed by atoms with Crippen LogP contribution in [0.25, 0.3) is 0 Å². The fourth-order valence-corrected chi connectivity index (χ4v) is 1.41. The Hall–Kier alpha value is -1.73. The molecular formula is C11H11ClN2O2. The molecule has 1 N–H and O–H groups in total. The average molecular weight is 239 g/mol. The highest BCUT2D eigenvalue weighted by atomic mass is 35.5. The van der Waals surface area contributed by atoms with Crippen LogP contribution < -0.4 is 5.32 Å². The van der Waals surface area contributed by atoms with Gasteiger partial charge in [0.2, 0.25) is 0 Å². The Balaban J connectivity index is 2.92. The molecule has 1 atom stereocenters. The molecule has 0 radical (unpaired) electrons. The van der Waals surface area contributed by atoms with Gasteiger partial charge in [0, 0.05) is 12.1 Å². The van der Waals surface area contributed by atoms with Gasteiger partial charge in [-0.1, -0.05) is 24.4 Å². The van der Waals surface area contributed by atoms with Gasteiger partial charge in [-0.15, -0.1) is 6.42 Å². The predicted molar refractivity (Wildman–Crippen MR) is 64.6 cm³/mol. The van der Waals surface area contributed by atoms with E-state index in [-0.39, 0.29) is 11.7 Å². The minimum absolute atomic E-state index is 0.0377. The first-order valence-corrected chi connectivity index (χ1v) is 5.13. The van der Waals surface area contributed by atoms with Crippen molar-refractivity contribution < 1.29 is 4.92 Å². The van der Waals surface area contributed by atoms with Crippen LogP contribution in [0.3, 0.4) is 0 Å². The summed E-state index contributed by atoms with van der Waals surface area (Å²) >= 11 is 5.90. The highest BCUT2D eigenvalue weighted by Crippen LogP contribution is 2.27. The SMILES string of the molecule is C#CC(CC)Nc1ccc([N+](=O)[O-])cc1Cl. The van der Waals surface area contributed by atoms with Crippen LogP contribution in [0.5, 0.6) is 0 Å². The van der Waals surface area contributed by atoms with Crippen molar-refractivity contribution in [3.63, 3.8) is 0 Å². The van der Waals surface area contributed by atoms with Crippen LogP contribution in [0, 0.1) is 22.5 Å². The van der Waals surface area contributed by atoms with Gasteiger partial charge < -0.3 is 5.32 Å². The van der Waals surface area contributed by atoms with E-state index in [4.69, 9.17) is 18.0 Å². The number of rotatable bonds is 4. The minimum Gasteiger partial charge on any atom is -0.370 e. The van der Waals surface area contributed by atoms with Crippen molar-refractivity contribution in [2.24, 2.45) is 0 Å². The molecule has 84 valence electrons. The Labute approximate surface area is 98.8 Å². The first-order chi connectivity index (χ1) is 7.58. The Morgan fingerprint density at radius 3 is 2.81 bits per heavy atom. The zero-order valence-electron chi connectivity index (χ0n) is 8.74. The molecule has 0 amide bonds. The molecule has 1 aromatic carbocycles. The average Bonchev–Trinajstić information content (AvgIpc) is 2.27. The third kappa shape index (κ3) is 2.88. The summed E-state index contributed by atoms with van der Waals surface area (Å²) in [5.41, 5.74) is 0.571. The van der Waals surface area contributed by atoms with Gasteiger partial charge in [-0.05, 0) is 12.5 Å². The van der Waals surface area contributed by atoms with Gasteiger partial charge in [0.25, 0.3) is 5.69 Å². The van der Waals surface area contributed by atoms with Crippen molar-refractivity contribution in [1.82, 2.24) is 0 Å². The summed E-state index contributed by atoms with van der Waals surface area (Å²) in [6.07, 6.45) is 6.05. The van der Waals surface area contributed by atoms with Crippen molar-refractivity contribution in [1.29, 1.82) is 0 Å². The van der Waals surface area contributed by atoms with E-state index in [0.717, 1.165) is 6.42 Å². The van der Waals surface area contributed by atoms with E-state index in [9.17, 15) is 10.1 Å². The monoisotopic (exact) mass is 238 g/mol. The molecule has 1 unspecified atom stereocenters. The van der Waals surface area contributed by atoms with Crippen LogP contribution in [0.15, 0.2) is 18.2 Å². The Bertz CT molecular complexity index is 440. The first-order valence-electron chi connectivity index (χ1n) is 4.75. The minimum atomic E-state index is -0.492. The highest BCUT2D eigenvalue weighted by Gasteiger charge is 2.10. The Kier molecular flexibility index (Phi) is 4.15. The van der Waals surface area contributed by atoms with E-state index in [1.165, 1.54) is 12.1 Å². The number of anilines is 1. The lowest BCUT2D eigenvalue weighted by Crippen LogP contribution is -2.15. The third-order valence-electron chi connectivity index (χ3n) is 2.10. The van der Waals surface area contributed by atoms with Crippen molar-refractivity contribution in [3.8, 4) is 12.3 Å². The fraction of sp³-hybridized carbons (Fsp3) is 0.273. The molecule has 0 aliphatic rings. The third-order valence-corrected chi connectivity index (χ3v) is 2.42. The number of halogens is 1. The van der Waals surface area contributed by atoms with Gasteiger partial charge in [-0.3, -0.25) is 10.1 Å². The van der Waals surface area contributed by atoms with Gasteiger partial charge in [-0.25, -0.2) is 0 Å². The quantitative estimate of drug-likeness (QED) is 0.498. The lowest BCUT2D eigenvalue weighted by Gasteiger charge is -2.13. The van der Waals surface area contributed by atoms with E-state index in [1.807, 2.05) is 6.92 Å². The molecule has 0 bridgehead atoms. The number of nitrogens with one attached hydrogen (secondary N) is 1. The number of hydrogen-bond donors (Lipinski definition) is 1. The van der Waals surface area contributed by atoms with Crippen LogP contribution in [-0.4, -0.2) is 11.0 Å². The highest BCUT2D eigenvalue weighted by molar-refractivity contribution is 6.33. The molecule has 1 aromatic rings. The summed E-state index contributed by atoms with van der Waals surface area (Å²) in [7, 11) is 0. The van der Waals surface area contributed by atoms with Crippen LogP contribution in [0.1, 0.15) is 13.3 Å². The Morgan fingerprint density at radius 1 is 1.69 bits per heavy atom. The van der Waals surface area contributed by atoms with E-state index in [1.54, 1.807) is 6.07 Å². The summed E-state index contributed by atoms with van der Waals surface area (Å²) in [6, 6.07) is 4.12. The maximum absolute atomic E-state index is 10.5. The molecule has 0 aliphatic heterocycles. The number of hydrogen-bond acceptors (Lipinski definition) is 3. The van der Waals surface area contributed by atoms with E-state index in [2.05, 4.69) is 11.2 Å². The number of nitrogens with zero attached hydrogens (tertiary/aromatic N) is 1. The standard InChI is InChI=1S/C11H11ClN2O2/c1-3-8(4-2)13-11-6-5-9(14(15)16)7-10(11)12/h1,5-8,13H,4H2,2H3. The molecule has 0 saturated heterocycles. The molecule has 0 fully saturated rings. The second kappa shape index (κ2) is 5.38. The first kappa shape index (κ1) is 12.3. The van der Waals surface area contributed by atoms with Crippen molar-refractivity contribution >= 4 is 23.0 Å². The van der Waals surface area contributed by atoms with E-state index < -0.39 is 4.92 Å². The normalized spacial score (nSPS) is 11.6. The van der Waals surface area contributed by atoms with Gasteiger partial charge in [0.1, 0.15) is 0 Å². The second-order valence-electron chi connectivity index (χ2n) is 3.19. The van der Waals surface area contributed by atoms with Crippen molar-refractivity contribution in [3.05, 3.63) is 33.3 Å². The number of terminal acetylenes is 1. The molecule has 4 nitrogen and oxygen atoms in total. The van der Waals surface area contributed by atoms with Gasteiger partial charge in [-0.2, -0.15) is 0 Å².